The minimum Gasteiger partial charge on any atom is -0.392 e. The van der Waals surface area contributed by atoms with E-state index in [1.165, 1.54) is 0 Å². The maximum Gasteiger partial charge on any atom is 0.271 e. The molecule has 0 spiro atoms. The summed E-state index contributed by atoms with van der Waals surface area (Å²) < 4.78 is 3.96. The van der Waals surface area contributed by atoms with Crippen molar-refractivity contribution in [1.82, 2.24) is 29.3 Å². The molecule has 32 heavy (non-hydrogen) atoms. The molecule has 9 heteroatoms. The first-order valence-electron chi connectivity index (χ1n) is 11.3. The molecule has 0 aliphatic heterocycles. The summed E-state index contributed by atoms with van der Waals surface area (Å²) in [7, 11) is 3.78. The number of rotatable bonds is 7. The molecule has 3 N–H and O–H groups in total. The number of carbonyl (C=O) groups excluding carboxylic acids is 1. The number of amides is 1. The van der Waals surface area contributed by atoms with E-state index >= 15 is 0 Å². The molecular weight excluding hydrogens is 404 g/mol. The third kappa shape index (κ3) is 3.41. The first kappa shape index (κ1) is 20.5. The van der Waals surface area contributed by atoms with Crippen molar-refractivity contribution < 1.29 is 4.79 Å². The maximum absolute atomic E-state index is 13.6. The van der Waals surface area contributed by atoms with Crippen LogP contribution in [-0.2, 0) is 13.6 Å². The normalized spacial score (nSPS) is 17.4. The predicted molar refractivity (Wildman–Crippen MR) is 126 cm³/mol. The Morgan fingerprint density at radius 3 is 2.62 bits per heavy atom. The van der Waals surface area contributed by atoms with E-state index in [-0.39, 0.29) is 5.91 Å². The van der Waals surface area contributed by atoms with E-state index in [1.54, 1.807) is 12.4 Å². The van der Waals surface area contributed by atoms with Crippen LogP contribution < -0.4 is 11.1 Å². The quantitative estimate of drug-likeness (QED) is 0.439. The first-order valence-corrected chi connectivity index (χ1v) is 11.3. The highest BCUT2D eigenvalue weighted by molar-refractivity contribution is 6.10. The molecule has 0 aromatic carbocycles. The second kappa shape index (κ2) is 7.65. The molecular formula is C23H30N8O. The molecule has 2 aliphatic rings. The van der Waals surface area contributed by atoms with Gasteiger partial charge in [0.1, 0.15) is 22.7 Å². The van der Waals surface area contributed by atoms with Gasteiger partial charge in [0, 0.05) is 43.8 Å². The molecule has 0 atom stereocenters. The smallest absolute Gasteiger partial charge is 0.271 e. The summed E-state index contributed by atoms with van der Waals surface area (Å²) in [4.78, 5) is 29.7. The van der Waals surface area contributed by atoms with Crippen LogP contribution in [0.2, 0.25) is 0 Å². The molecule has 3 aromatic heterocycles. The fourth-order valence-corrected chi connectivity index (χ4v) is 4.39. The van der Waals surface area contributed by atoms with Crippen molar-refractivity contribution in [2.45, 2.75) is 58.2 Å². The van der Waals surface area contributed by atoms with Crippen molar-refractivity contribution in [2.24, 2.45) is 17.8 Å². The van der Waals surface area contributed by atoms with Crippen LogP contribution in [0.25, 0.3) is 22.1 Å². The van der Waals surface area contributed by atoms with Crippen LogP contribution in [0.1, 0.15) is 50.0 Å². The van der Waals surface area contributed by atoms with Crippen molar-refractivity contribution >= 4 is 39.6 Å². The highest BCUT2D eigenvalue weighted by atomic mass is 16.2. The minimum absolute atomic E-state index is 0.113. The number of aryl methyl sites for hydroxylation is 2. The van der Waals surface area contributed by atoms with Crippen LogP contribution in [0.4, 0.5) is 5.82 Å². The van der Waals surface area contributed by atoms with E-state index in [1.807, 2.05) is 43.1 Å². The Morgan fingerprint density at radius 2 is 2.03 bits per heavy atom. The van der Waals surface area contributed by atoms with Crippen molar-refractivity contribution in [1.29, 1.82) is 0 Å². The van der Waals surface area contributed by atoms with Gasteiger partial charge in [0.15, 0.2) is 5.82 Å². The Morgan fingerprint density at radius 1 is 1.34 bits per heavy atom. The Labute approximate surface area is 187 Å². The molecule has 0 unspecified atom stereocenters. The van der Waals surface area contributed by atoms with Gasteiger partial charge in [-0.3, -0.25) is 4.79 Å². The van der Waals surface area contributed by atoms with Gasteiger partial charge < -0.3 is 25.1 Å². The lowest BCUT2D eigenvalue weighted by Crippen LogP contribution is -2.36. The Hall–Kier alpha value is -3.36. The van der Waals surface area contributed by atoms with Crippen LogP contribution in [0, 0.1) is 0 Å². The molecule has 9 nitrogen and oxygen atoms in total. The number of nitrogens with one attached hydrogen (secondary N) is 1. The summed E-state index contributed by atoms with van der Waals surface area (Å²) in [6.45, 7) is 4.60. The number of hydrogen-bond acceptors (Lipinski definition) is 5. The number of nitrogens with two attached hydrogens (primary N) is 1. The zero-order valence-electron chi connectivity index (χ0n) is 19.1. The van der Waals surface area contributed by atoms with Gasteiger partial charge in [-0.1, -0.05) is 0 Å². The molecule has 0 bridgehead atoms. The lowest BCUT2D eigenvalue weighted by atomic mass is 10.2. The first-order chi connectivity index (χ1) is 15.4. The number of nitrogens with zero attached hydrogens (tertiary/aromatic N) is 6. The standard InChI is InChI=1S/C23H30N8O/c1-5-30-17(23(32)31(14-6-7-14)15-8-9-15)11-16-20-19(26-12-29(20)4)21(28-22(16)30)27-18(24)10-13(2)25-3/h10-12,14-15,25H,5-9H2,1-4H3,(H2,24,27,28)/b13-10-. The molecule has 3 heterocycles. The van der Waals surface area contributed by atoms with Crippen LogP contribution >= 0.6 is 0 Å². The fraction of sp³-hybridized carbons (Fsp3) is 0.478. The number of hydrogen-bond donors (Lipinski definition) is 2. The molecule has 2 fully saturated rings. The number of aromatic nitrogens is 4. The summed E-state index contributed by atoms with van der Waals surface area (Å²) in [6, 6.07) is 2.77. The molecule has 0 radical (unpaired) electrons. The summed E-state index contributed by atoms with van der Waals surface area (Å²) in [5, 5.41) is 3.95. The van der Waals surface area contributed by atoms with E-state index in [0.29, 0.717) is 41.5 Å². The maximum atomic E-state index is 13.6. The van der Waals surface area contributed by atoms with Gasteiger partial charge in [-0.05, 0) is 51.7 Å². The van der Waals surface area contributed by atoms with Gasteiger partial charge in [0.25, 0.3) is 5.91 Å². The topological polar surface area (TPSA) is 106 Å². The van der Waals surface area contributed by atoms with Gasteiger partial charge in [0.2, 0.25) is 0 Å². The van der Waals surface area contributed by atoms with Crippen LogP contribution in [0.3, 0.4) is 0 Å². The molecule has 2 saturated carbocycles. The highest BCUT2D eigenvalue weighted by Crippen LogP contribution is 2.39. The molecule has 5 rings (SSSR count). The molecule has 2 aliphatic carbocycles. The lowest BCUT2D eigenvalue weighted by Gasteiger charge is -2.22. The van der Waals surface area contributed by atoms with Crippen molar-refractivity contribution in [3.05, 3.63) is 29.9 Å². The Balaban J connectivity index is 1.69. The minimum atomic E-state index is 0.113. The summed E-state index contributed by atoms with van der Waals surface area (Å²) in [6.07, 6.45) is 7.94. The van der Waals surface area contributed by atoms with Gasteiger partial charge in [-0.25, -0.2) is 15.0 Å². The number of aliphatic imine (C=N–C) groups is 1. The SMILES string of the molecule is CCn1c(C(=O)N(C2CC2)C2CC2)cc2c3c(ncn3C)c(N=C(N)/C=C(/C)NC)nc21. The van der Waals surface area contributed by atoms with Crippen molar-refractivity contribution in [2.75, 3.05) is 7.05 Å². The zero-order chi connectivity index (χ0) is 22.6. The Bertz CT molecular complexity index is 1260. The second-order valence-electron chi connectivity index (χ2n) is 8.79. The number of allylic oxidation sites excluding steroid dienone is 1. The third-order valence-electron chi connectivity index (χ3n) is 6.33. The summed E-state index contributed by atoms with van der Waals surface area (Å²) in [5.41, 5.74) is 10.1. The van der Waals surface area contributed by atoms with E-state index in [0.717, 1.165) is 47.9 Å². The Kier molecular flexibility index (Phi) is 4.91. The average molecular weight is 435 g/mol. The molecule has 3 aromatic rings. The van der Waals surface area contributed by atoms with E-state index in [9.17, 15) is 4.79 Å². The number of amidine groups is 1. The molecule has 168 valence electrons. The van der Waals surface area contributed by atoms with Gasteiger partial charge in [0.05, 0.1) is 11.8 Å². The average Bonchev–Trinajstić information content (AvgIpc) is 3.70. The summed E-state index contributed by atoms with van der Waals surface area (Å²) >= 11 is 0. The summed E-state index contributed by atoms with van der Waals surface area (Å²) in [5.74, 6) is 0.913. The zero-order valence-corrected chi connectivity index (χ0v) is 19.1. The van der Waals surface area contributed by atoms with E-state index in [4.69, 9.17) is 10.7 Å². The highest BCUT2D eigenvalue weighted by Gasteiger charge is 2.43. The molecule has 0 saturated heterocycles. The van der Waals surface area contributed by atoms with Crippen LogP contribution in [0.5, 0.6) is 0 Å². The number of fused-ring (bicyclic) bond motifs is 3. The second-order valence-corrected chi connectivity index (χ2v) is 8.79. The predicted octanol–water partition coefficient (Wildman–Crippen LogP) is 2.82. The van der Waals surface area contributed by atoms with Gasteiger partial charge in [-0.2, -0.15) is 0 Å². The van der Waals surface area contributed by atoms with Gasteiger partial charge >= 0.3 is 0 Å². The van der Waals surface area contributed by atoms with E-state index in [2.05, 4.69) is 20.2 Å². The lowest BCUT2D eigenvalue weighted by molar-refractivity contribution is 0.0719. The number of carbonyl (C=O) groups is 1. The monoisotopic (exact) mass is 434 g/mol. The van der Waals surface area contributed by atoms with Crippen molar-refractivity contribution in [3.8, 4) is 0 Å². The fourth-order valence-electron chi connectivity index (χ4n) is 4.39. The largest absolute Gasteiger partial charge is 0.392 e. The van der Waals surface area contributed by atoms with Crippen molar-refractivity contribution in [3.63, 3.8) is 0 Å². The van der Waals surface area contributed by atoms with Crippen LogP contribution in [-0.4, -0.2) is 54.9 Å². The third-order valence-corrected chi connectivity index (χ3v) is 6.33. The number of imidazole rings is 1. The van der Waals surface area contributed by atoms with Crippen LogP contribution in [0.15, 0.2) is 29.2 Å². The number of pyridine rings is 1. The van der Waals surface area contributed by atoms with Gasteiger partial charge in [-0.15, -0.1) is 0 Å². The molecule has 1 amide bonds. The van der Waals surface area contributed by atoms with E-state index < -0.39 is 0 Å².